The van der Waals surface area contributed by atoms with Crippen molar-refractivity contribution in [2.75, 3.05) is 7.11 Å². The molecule has 0 aliphatic rings. The Kier molecular flexibility index (Phi) is 3.73. The Hall–Kier alpha value is -1.33. The number of nitrogens with zero attached hydrogens (tertiary/aromatic N) is 1. The predicted octanol–water partition coefficient (Wildman–Crippen LogP) is 2.92. The van der Waals surface area contributed by atoms with Crippen LogP contribution in [0.25, 0.3) is 11.3 Å². The van der Waals surface area contributed by atoms with Gasteiger partial charge in [0.05, 0.1) is 13.7 Å². The number of halogens is 1. The van der Waals surface area contributed by atoms with Gasteiger partial charge in [-0.05, 0) is 53.0 Å². The lowest BCUT2D eigenvalue weighted by Crippen LogP contribution is -1.98. The van der Waals surface area contributed by atoms with Crippen molar-refractivity contribution >= 4 is 15.9 Å². The van der Waals surface area contributed by atoms with Crippen LogP contribution >= 0.6 is 15.9 Å². The standard InChI is InChI=1S/C13H16BrN3O/c1-7-4-9(10(18-3)5-8(7)2)12-13(14)17-11(6-15)16-12/h4-5H,6,15H2,1-3H3,(H,16,17). The number of aryl methyl sites for hydroxylation is 2. The molecule has 0 aliphatic carbocycles. The van der Waals surface area contributed by atoms with E-state index in [1.165, 1.54) is 11.1 Å². The van der Waals surface area contributed by atoms with E-state index in [0.717, 1.165) is 27.4 Å². The molecule has 0 radical (unpaired) electrons. The molecule has 0 aliphatic heterocycles. The van der Waals surface area contributed by atoms with Crippen molar-refractivity contribution in [2.24, 2.45) is 5.73 Å². The van der Waals surface area contributed by atoms with Crippen LogP contribution in [-0.4, -0.2) is 17.1 Å². The first-order chi connectivity index (χ1) is 8.56. The van der Waals surface area contributed by atoms with Crippen LogP contribution in [0.4, 0.5) is 0 Å². The van der Waals surface area contributed by atoms with E-state index in [1.54, 1.807) is 7.11 Å². The molecule has 3 N–H and O–H groups in total. The Bertz CT molecular complexity index is 578. The van der Waals surface area contributed by atoms with Gasteiger partial charge < -0.3 is 15.5 Å². The summed E-state index contributed by atoms with van der Waals surface area (Å²) in [5.41, 5.74) is 9.78. The number of nitrogens with one attached hydrogen (secondary N) is 1. The first-order valence-electron chi connectivity index (χ1n) is 5.67. The number of H-pyrrole nitrogens is 1. The number of methoxy groups -OCH3 is 1. The highest BCUT2D eigenvalue weighted by atomic mass is 79.9. The molecule has 0 atom stereocenters. The van der Waals surface area contributed by atoms with Crippen LogP contribution in [0.5, 0.6) is 5.75 Å². The van der Waals surface area contributed by atoms with Gasteiger partial charge in [0, 0.05) is 5.56 Å². The molecule has 1 heterocycles. The molecule has 0 spiro atoms. The SMILES string of the molecule is COc1cc(C)c(C)cc1-c1nc(CN)[nH]c1Br. The van der Waals surface area contributed by atoms with E-state index < -0.39 is 0 Å². The summed E-state index contributed by atoms with van der Waals surface area (Å²) in [6.45, 7) is 4.51. The Morgan fingerprint density at radius 2 is 2.00 bits per heavy atom. The van der Waals surface area contributed by atoms with Gasteiger partial charge in [-0.3, -0.25) is 0 Å². The van der Waals surface area contributed by atoms with E-state index >= 15 is 0 Å². The number of imidazole rings is 1. The minimum atomic E-state index is 0.381. The van der Waals surface area contributed by atoms with Crippen LogP contribution in [0.1, 0.15) is 17.0 Å². The summed E-state index contributed by atoms with van der Waals surface area (Å²) >= 11 is 3.47. The van der Waals surface area contributed by atoms with E-state index in [2.05, 4.69) is 45.8 Å². The Balaban J connectivity index is 2.61. The minimum Gasteiger partial charge on any atom is -0.496 e. The normalized spacial score (nSPS) is 10.7. The lowest BCUT2D eigenvalue weighted by atomic mass is 10.0. The number of aromatic nitrogens is 2. The molecule has 0 saturated heterocycles. The maximum absolute atomic E-state index is 5.59. The predicted molar refractivity (Wildman–Crippen MR) is 75.6 cm³/mol. The summed E-state index contributed by atoms with van der Waals surface area (Å²) in [5.74, 6) is 1.56. The van der Waals surface area contributed by atoms with Crippen LogP contribution in [0.15, 0.2) is 16.7 Å². The lowest BCUT2D eigenvalue weighted by Gasteiger charge is -2.10. The molecule has 2 rings (SSSR count). The summed E-state index contributed by atoms with van der Waals surface area (Å²) in [7, 11) is 1.66. The maximum Gasteiger partial charge on any atom is 0.128 e. The van der Waals surface area contributed by atoms with Crippen molar-refractivity contribution in [1.29, 1.82) is 0 Å². The van der Waals surface area contributed by atoms with Gasteiger partial charge in [0.25, 0.3) is 0 Å². The molecule has 1 aromatic heterocycles. The van der Waals surface area contributed by atoms with Crippen molar-refractivity contribution in [3.63, 3.8) is 0 Å². The number of aromatic amines is 1. The third-order valence-corrected chi connectivity index (χ3v) is 3.55. The smallest absolute Gasteiger partial charge is 0.128 e. The van der Waals surface area contributed by atoms with Gasteiger partial charge in [-0.15, -0.1) is 0 Å². The Morgan fingerprint density at radius 3 is 2.56 bits per heavy atom. The molecule has 96 valence electrons. The molecule has 18 heavy (non-hydrogen) atoms. The van der Waals surface area contributed by atoms with Crippen LogP contribution in [0, 0.1) is 13.8 Å². The third kappa shape index (κ3) is 2.28. The fraction of sp³-hybridized carbons (Fsp3) is 0.308. The van der Waals surface area contributed by atoms with Crippen LogP contribution in [0.2, 0.25) is 0 Å². The van der Waals surface area contributed by atoms with Gasteiger partial charge in [0.2, 0.25) is 0 Å². The lowest BCUT2D eigenvalue weighted by molar-refractivity contribution is 0.416. The number of ether oxygens (including phenoxy) is 1. The summed E-state index contributed by atoms with van der Waals surface area (Å²) in [6.07, 6.45) is 0. The van der Waals surface area contributed by atoms with Crippen molar-refractivity contribution in [3.05, 3.63) is 33.7 Å². The van der Waals surface area contributed by atoms with E-state index in [1.807, 2.05) is 6.07 Å². The molecule has 5 heteroatoms. The third-order valence-electron chi connectivity index (χ3n) is 2.97. The zero-order chi connectivity index (χ0) is 13.3. The number of benzene rings is 1. The first kappa shape index (κ1) is 13.1. The van der Waals surface area contributed by atoms with Crippen molar-refractivity contribution < 1.29 is 4.74 Å². The largest absolute Gasteiger partial charge is 0.496 e. The zero-order valence-corrected chi connectivity index (χ0v) is 12.3. The first-order valence-corrected chi connectivity index (χ1v) is 6.46. The fourth-order valence-electron chi connectivity index (χ4n) is 1.82. The number of hydrogen-bond donors (Lipinski definition) is 2. The van der Waals surface area contributed by atoms with E-state index in [-0.39, 0.29) is 0 Å². The molecule has 0 amide bonds. The molecule has 0 bridgehead atoms. The summed E-state index contributed by atoms with van der Waals surface area (Å²) < 4.78 is 6.25. The summed E-state index contributed by atoms with van der Waals surface area (Å²) in [5, 5.41) is 0. The van der Waals surface area contributed by atoms with Gasteiger partial charge in [-0.25, -0.2) is 4.98 Å². The number of hydrogen-bond acceptors (Lipinski definition) is 3. The molecule has 0 saturated carbocycles. The molecular formula is C13H16BrN3O. The monoisotopic (exact) mass is 309 g/mol. The molecule has 1 aromatic carbocycles. The van der Waals surface area contributed by atoms with Crippen molar-refractivity contribution in [1.82, 2.24) is 9.97 Å². The second kappa shape index (κ2) is 5.12. The maximum atomic E-state index is 5.59. The molecule has 0 fully saturated rings. The minimum absolute atomic E-state index is 0.381. The highest BCUT2D eigenvalue weighted by molar-refractivity contribution is 9.10. The van der Waals surface area contributed by atoms with Crippen molar-refractivity contribution in [3.8, 4) is 17.0 Å². The Morgan fingerprint density at radius 1 is 1.33 bits per heavy atom. The summed E-state index contributed by atoms with van der Waals surface area (Å²) in [4.78, 5) is 7.57. The second-order valence-electron chi connectivity index (χ2n) is 4.19. The van der Waals surface area contributed by atoms with Gasteiger partial charge in [-0.2, -0.15) is 0 Å². The molecule has 2 aromatic rings. The fourth-order valence-corrected chi connectivity index (χ4v) is 2.35. The van der Waals surface area contributed by atoms with Crippen molar-refractivity contribution in [2.45, 2.75) is 20.4 Å². The molecule has 4 nitrogen and oxygen atoms in total. The van der Waals surface area contributed by atoms with Gasteiger partial charge in [0.1, 0.15) is 21.9 Å². The van der Waals surface area contributed by atoms with E-state index in [4.69, 9.17) is 10.5 Å². The average Bonchev–Trinajstić information content (AvgIpc) is 2.73. The molecular weight excluding hydrogens is 294 g/mol. The van der Waals surface area contributed by atoms with Crippen LogP contribution in [-0.2, 0) is 6.54 Å². The number of rotatable bonds is 3. The van der Waals surface area contributed by atoms with E-state index in [0.29, 0.717) is 6.54 Å². The van der Waals surface area contributed by atoms with E-state index in [9.17, 15) is 0 Å². The average molecular weight is 310 g/mol. The Labute approximate surface area is 115 Å². The van der Waals surface area contributed by atoms with Gasteiger partial charge in [-0.1, -0.05) is 0 Å². The zero-order valence-electron chi connectivity index (χ0n) is 10.7. The van der Waals surface area contributed by atoms with Crippen LogP contribution < -0.4 is 10.5 Å². The quantitative estimate of drug-likeness (QED) is 0.916. The topological polar surface area (TPSA) is 63.9 Å². The van der Waals surface area contributed by atoms with Gasteiger partial charge in [0.15, 0.2) is 0 Å². The number of nitrogens with two attached hydrogens (primary N) is 1. The van der Waals surface area contributed by atoms with Gasteiger partial charge >= 0.3 is 0 Å². The highest BCUT2D eigenvalue weighted by Gasteiger charge is 2.15. The second-order valence-corrected chi connectivity index (χ2v) is 4.98. The highest BCUT2D eigenvalue weighted by Crippen LogP contribution is 2.35. The van der Waals surface area contributed by atoms with Crippen LogP contribution in [0.3, 0.4) is 0 Å². The summed E-state index contributed by atoms with van der Waals surface area (Å²) in [6, 6.07) is 4.10. The molecule has 0 unspecified atom stereocenters.